The van der Waals surface area contributed by atoms with E-state index in [2.05, 4.69) is 39.1 Å². The van der Waals surface area contributed by atoms with Gasteiger partial charge in [0, 0.05) is 11.1 Å². The molecule has 1 aromatic carbocycles. The van der Waals surface area contributed by atoms with Crippen LogP contribution in [0.15, 0.2) is 35.5 Å². The molecular weight excluding hydrogens is 368 g/mol. The van der Waals surface area contributed by atoms with Crippen molar-refractivity contribution >= 4 is 17.7 Å². The molecule has 28 heavy (non-hydrogen) atoms. The fraction of sp³-hybridized carbons (Fsp3) is 0.591. The number of thioether (sulfide) groups is 1. The highest BCUT2D eigenvalue weighted by molar-refractivity contribution is 7.99. The molecule has 2 aromatic rings. The average molecular weight is 397 g/mol. The second-order valence-electron chi connectivity index (χ2n) is 8.88. The summed E-state index contributed by atoms with van der Waals surface area (Å²) in [6.45, 7) is 2.55. The molecule has 1 N–H and O–H groups in total. The molecule has 6 rings (SSSR count). The van der Waals surface area contributed by atoms with Gasteiger partial charge in [-0.25, -0.2) is 0 Å². The molecule has 4 aliphatic carbocycles. The van der Waals surface area contributed by atoms with Crippen molar-refractivity contribution in [2.24, 2.45) is 23.2 Å². The lowest BCUT2D eigenvalue weighted by atomic mass is 9.49. The summed E-state index contributed by atoms with van der Waals surface area (Å²) in [5.74, 6) is 4.32. The molecule has 0 spiro atoms. The number of aromatic nitrogens is 3. The van der Waals surface area contributed by atoms with E-state index in [1.165, 1.54) is 19.3 Å². The predicted molar refractivity (Wildman–Crippen MR) is 110 cm³/mol. The molecule has 0 saturated heterocycles. The number of amides is 1. The van der Waals surface area contributed by atoms with Gasteiger partial charge in [-0.15, -0.1) is 10.2 Å². The smallest absolute Gasteiger partial charge is 0.226 e. The molecule has 0 unspecified atom stereocenters. The average Bonchev–Trinajstić information content (AvgIpc) is 3.08. The molecule has 0 radical (unpaired) electrons. The minimum atomic E-state index is -0.118. The van der Waals surface area contributed by atoms with E-state index < -0.39 is 0 Å². The van der Waals surface area contributed by atoms with Crippen molar-refractivity contribution in [1.29, 1.82) is 0 Å². The SMILES string of the molecule is CCSc1nnc(CNC(=O)C23CC4CC(CC(C4)C2)C3)n1-c1ccccc1. The summed E-state index contributed by atoms with van der Waals surface area (Å²) in [4.78, 5) is 13.3. The molecule has 4 saturated carbocycles. The van der Waals surface area contributed by atoms with Crippen LogP contribution in [0.5, 0.6) is 0 Å². The number of para-hydroxylation sites is 1. The van der Waals surface area contributed by atoms with Gasteiger partial charge >= 0.3 is 0 Å². The van der Waals surface area contributed by atoms with Crippen molar-refractivity contribution in [3.63, 3.8) is 0 Å². The number of hydrogen-bond acceptors (Lipinski definition) is 4. The highest BCUT2D eigenvalue weighted by atomic mass is 32.2. The first-order valence-corrected chi connectivity index (χ1v) is 11.6. The number of hydrogen-bond donors (Lipinski definition) is 1. The van der Waals surface area contributed by atoms with Crippen LogP contribution in [0.2, 0.25) is 0 Å². The summed E-state index contributed by atoms with van der Waals surface area (Å²) in [6, 6.07) is 10.2. The van der Waals surface area contributed by atoms with Gasteiger partial charge in [0.05, 0.1) is 6.54 Å². The number of carbonyl (C=O) groups is 1. The Morgan fingerprint density at radius 1 is 1.11 bits per heavy atom. The Kier molecular flexibility index (Phi) is 4.69. The Bertz CT molecular complexity index is 827. The lowest BCUT2D eigenvalue weighted by Crippen LogP contribution is -2.53. The summed E-state index contributed by atoms with van der Waals surface area (Å²) in [5.41, 5.74) is 0.926. The monoisotopic (exact) mass is 396 g/mol. The van der Waals surface area contributed by atoms with Crippen LogP contribution in [0.3, 0.4) is 0 Å². The molecule has 5 nitrogen and oxygen atoms in total. The van der Waals surface area contributed by atoms with E-state index in [9.17, 15) is 4.79 Å². The maximum Gasteiger partial charge on any atom is 0.226 e. The summed E-state index contributed by atoms with van der Waals surface area (Å²) in [7, 11) is 0. The van der Waals surface area contributed by atoms with Gasteiger partial charge in [0.15, 0.2) is 11.0 Å². The van der Waals surface area contributed by atoms with E-state index in [4.69, 9.17) is 0 Å². The Balaban J connectivity index is 1.35. The topological polar surface area (TPSA) is 59.8 Å². The van der Waals surface area contributed by atoms with Crippen LogP contribution in [0, 0.1) is 23.2 Å². The van der Waals surface area contributed by atoms with Crippen molar-refractivity contribution in [3.05, 3.63) is 36.2 Å². The molecule has 148 valence electrons. The largest absolute Gasteiger partial charge is 0.348 e. The highest BCUT2D eigenvalue weighted by Crippen LogP contribution is 2.60. The van der Waals surface area contributed by atoms with Gasteiger partial charge < -0.3 is 5.32 Å². The summed E-state index contributed by atoms with van der Waals surface area (Å²) in [5, 5.41) is 12.9. The second-order valence-corrected chi connectivity index (χ2v) is 10.1. The fourth-order valence-corrected chi connectivity index (χ4v) is 6.91. The zero-order valence-corrected chi connectivity index (χ0v) is 17.3. The van der Waals surface area contributed by atoms with Gasteiger partial charge in [-0.1, -0.05) is 36.9 Å². The van der Waals surface area contributed by atoms with Crippen LogP contribution < -0.4 is 5.32 Å². The fourth-order valence-electron chi connectivity index (χ4n) is 6.21. The Morgan fingerprint density at radius 3 is 2.36 bits per heavy atom. The zero-order chi connectivity index (χ0) is 19.1. The first kappa shape index (κ1) is 18.2. The van der Waals surface area contributed by atoms with Gasteiger partial charge in [-0.05, 0) is 74.2 Å². The first-order valence-electron chi connectivity index (χ1n) is 10.6. The third-order valence-electron chi connectivity index (χ3n) is 6.92. The Morgan fingerprint density at radius 2 is 1.75 bits per heavy atom. The maximum atomic E-state index is 13.3. The van der Waals surface area contributed by atoms with Gasteiger partial charge in [-0.3, -0.25) is 9.36 Å². The van der Waals surface area contributed by atoms with Gasteiger partial charge in [-0.2, -0.15) is 0 Å². The van der Waals surface area contributed by atoms with Crippen molar-refractivity contribution < 1.29 is 4.79 Å². The van der Waals surface area contributed by atoms with Crippen LogP contribution in [0.1, 0.15) is 51.3 Å². The van der Waals surface area contributed by atoms with Crippen LogP contribution in [0.25, 0.3) is 5.69 Å². The quantitative estimate of drug-likeness (QED) is 0.743. The third kappa shape index (κ3) is 3.15. The standard InChI is InChI=1S/C22H28N4OS/c1-2-28-21-25-24-19(26(21)18-6-4-3-5-7-18)14-23-20(27)22-11-15-8-16(12-22)10-17(9-15)13-22/h3-7,15-17H,2,8-14H2,1H3,(H,23,27). The predicted octanol–water partition coefficient (Wildman–Crippen LogP) is 4.21. The highest BCUT2D eigenvalue weighted by Gasteiger charge is 2.54. The molecule has 1 amide bonds. The van der Waals surface area contributed by atoms with E-state index in [0.717, 1.165) is 59.4 Å². The minimum absolute atomic E-state index is 0.118. The zero-order valence-electron chi connectivity index (χ0n) is 16.4. The third-order valence-corrected chi connectivity index (χ3v) is 7.73. The molecular formula is C22H28N4OS. The maximum absolute atomic E-state index is 13.3. The summed E-state index contributed by atoms with van der Waals surface area (Å²) in [6.07, 6.45) is 7.33. The summed E-state index contributed by atoms with van der Waals surface area (Å²) < 4.78 is 2.08. The van der Waals surface area contributed by atoms with Crippen molar-refractivity contribution in [2.75, 3.05) is 5.75 Å². The molecule has 0 atom stereocenters. The van der Waals surface area contributed by atoms with E-state index >= 15 is 0 Å². The van der Waals surface area contributed by atoms with E-state index in [1.807, 2.05) is 18.2 Å². The van der Waals surface area contributed by atoms with E-state index in [1.54, 1.807) is 11.8 Å². The molecule has 4 fully saturated rings. The molecule has 0 aliphatic heterocycles. The minimum Gasteiger partial charge on any atom is -0.348 e. The Labute approximate surface area is 170 Å². The van der Waals surface area contributed by atoms with Gasteiger partial charge in [0.2, 0.25) is 5.91 Å². The summed E-state index contributed by atoms with van der Waals surface area (Å²) >= 11 is 1.68. The Hall–Kier alpha value is -1.82. The number of nitrogens with zero attached hydrogens (tertiary/aromatic N) is 3. The van der Waals surface area contributed by atoms with Crippen LogP contribution in [-0.4, -0.2) is 26.4 Å². The first-order chi connectivity index (χ1) is 13.7. The van der Waals surface area contributed by atoms with Crippen molar-refractivity contribution in [1.82, 2.24) is 20.1 Å². The van der Waals surface area contributed by atoms with Crippen molar-refractivity contribution in [2.45, 2.75) is 57.1 Å². The van der Waals surface area contributed by atoms with Crippen LogP contribution in [0.4, 0.5) is 0 Å². The lowest BCUT2D eigenvalue weighted by molar-refractivity contribution is -0.146. The van der Waals surface area contributed by atoms with E-state index in [0.29, 0.717) is 6.54 Å². The normalized spacial score (nSPS) is 30.5. The van der Waals surface area contributed by atoms with Gasteiger partial charge in [0.25, 0.3) is 0 Å². The van der Waals surface area contributed by atoms with Crippen LogP contribution >= 0.6 is 11.8 Å². The van der Waals surface area contributed by atoms with E-state index in [-0.39, 0.29) is 11.3 Å². The molecule has 4 bridgehead atoms. The number of nitrogens with one attached hydrogen (secondary N) is 1. The number of benzene rings is 1. The van der Waals surface area contributed by atoms with Crippen LogP contribution in [-0.2, 0) is 11.3 Å². The van der Waals surface area contributed by atoms with Gasteiger partial charge in [0.1, 0.15) is 0 Å². The molecule has 1 heterocycles. The number of rotatable bonds is 6. The molecule has 1 aromatic heterocycles. The van der Waals surface area contributed by atoms with Crippen molar-refractivity contribution in [3.8, 4) is 5.69 Å². The lowest BCUT2D eigenvalue weighted by Gasteiger charge is -2.55. The second kappa shape index (κ2) is 7.21. The molecule has 4 aliphatic rings. The number of carbonyl (C=O) groups excluding carboxylic acids is 1. The molecule has 6 heteroatoms.